The average molecular weight is 338 g/mol. The minimum Gasteiger partial charge on any atom is -0.322 e. The highest BCUT2D eigenvalue weighted by atomic mass is 16.1. The molecule has 0 saturated carbocycles. The molecule has 1 aromatic heterocycles. The van der Waals surface area contributed by atoms with Crippen molar-refractivity contribution < 1.29 is 4.79 Å². The number of carbonyl (C=O) groups excluding carboxylic acids is 1. The zero-order chi connectivity index (χ0) is 18.2. The van der Waals surface area contributed by atoms with Crippen LogP contribution < -0.4 is 5.32 Å². The normalized spacial score (nSPS) is 10.2. The van der Waals surface area contributed by atoms with E-state index >= 15 is 0 Å². The van der Waals surface area contributed by atoms with Crippen molar-refractivity contribution in [3.8, 4) is 11.8 Å². The van der Waals surface area contributed by atoms with E-state index < -0.39 is 0 Å². The third kappa shape index (κ3) is 5.19. The number of amides is 1. The summed E-state index contributed by atoms with van der Waals surface area (Å²) in [5.74, 6) is 5.88. The first-order chi connectivity index (χ1) is 12.7. The molecule has 0 aliphatic carbocycles. The predicted molar refractivity (Wildman–Crippen MR) is 106 cm³/mol. The van der Waals surface area contributed by atoms with Gasteiger partial charge in [0.25, 0.3) is 0 Å². The fourth-order valence-electron chi connectivity index (χ4n) is 2.38. The van der Waals surface area contributed by atoms with Gasteiger partial charge in [-0.15, -0.1) is 0 Å². The molecule has 0 saturated heterocycles. The van der Waals surface area contributed by atoms with Gasteiger partial charge in [-0.05, 0) is 54.8 Å². The van der Waals surface area contributed by atoms with Gasteiger partial charge in [0, 0.05) is 23.5 Å². The van der Waals surface area contributed by atoms with Crippen LogP contribution in [0, 0.1) is 18.8 Å². The Morgan fingerprint density at radius 2 is 1.88 bits per heavy atom. The van der Waals surface area contributed by atoms with E-state index in [1.165, 1.54) is 6.08 Å². The number of anilines is 1. The molecular weight excluding hydrogens is 320 g/mol. The molecule has 0 unspecified atom stereocenters. The van der Waals surface area contributed by atoms with E-state index in [2.05, 4.69) is 22.1 Å². The first-order valence-corrected chi connectivity index (χ1v) is 8.28. The summed E-state index contributed by atoms with van der Waals surface area (Å²) in [5.41, 5.74) is 4.39. The Morgan fingerprint density at radius 3 is 2.69 bits per heavy atom. The van der Waals surface area contributed by atoms with Crippen LogP contribution in [0.2, 0.25) is 0 Å². The Bertz CT molecular complexity index is 995. The maximum Gasteiger partial charge on any atom is 0.248 e. The molecule has 2 aromatic carbocycles. The standard InChI is InChI=1S/C23H18N2O/c1-18-6-4-7-19(16-18)12-14-23(26)25-22-10-5-8-20(17-22)11-13-21-9-2-3-15-24-21/h2-10,12,14-17H,1H3,(H,25,26)/b14-12+. The second kappa shape index (κ2) is 8.46. The third-order valence-corrected chi connectivity index (χ3v) is 3.60. The summed E-state index contributed by atoms with van der Waals surface area (Å²) in [7, 11) is 0. The van der Waals surface area contributed by atoms with Crippen LogP contribution in [0.3, 0.4) is 0 Å². The molecule has 1 amide bonds. The monoisotopic (exact) mass is 338 g/mol. The smallest absolute Gasteiger partial charge is 0.248 e. The van der Waals surface area contributed by atoms with Gasteiger partial charge < -0.3 is 5.32 Å². The lowest BCUT2D eigenvalue weighted by Gasteiger charge is -2.02. The SMILES string of the molecule is Cc1cccc(/C=C/C(=O)Nc2cccc(C#Cc3ccccn3)c2)c1. The number of rotatable bonds is 3. The van der Waals surface area contributed by atoms with Crippen molar-refractivity contribution in [2.24, 2.45) is 0 Å². The molecule has 0 atom stereocenters. The quantitative estimate of drug-likeness (QED) is 0.566. The Kier molecular flexibility index (Phi) is 5.59. The number of benzene rings is 2. The molecule has 0 bridgehead atoms. The Labute approximate surface area is 153 Å². The van der Waals surface area contributed by atoms with Gasteiger partial charge in [0.1, 0.15) is 5.69 Å². The van der Waals surface area contributed by atoms with E-state index in [1.807, 2.05) is 73.7 Å². The van der Waals surface area contributed by atoms with Crippen molar-refractivity contribution in [1.82, 2.24) is 4.98 Å². The fraction of sp³-hybridized carbons (Fsp3) is 0.0435. The number of hydrogen-bond acceptors (Lipinski definition) is 2. The van der Waals surface area contributed by atoms with Gasteiger partial charge in [0.05, 0.1) is 0 Å². The van der Waals surface area contributed by atoms with E-state index in [4.69, 9.17) is 0 Å². The average Bonchev–Trinajstić information content (AvgIpc) is 2.66. The number of pyridine rings is 1. The zero-order valence-corrected chi connectivity index (χ0v) is 14.4. The molecule has 0 fully saturated rings. The number of nitrogens with zero attached hydrogens (tertiary/aromatic N) is 1. The van der Waals surface area contributed by atoms with Crippen molar-refractivity contribution in [3.05, 3.63) is 101 Å². The van der Waals surface area contributed by atoms with Gasteiger partial charge in [-0.2, -0.15) is 0 Å². The highest BCUT2D eigenvalue weighted by Gasteiger charge is 1.99. The molecule has 0 spiro atoms. The van der Waals surface area contributed by atoms with E-state index in [1.54, 1.807) is 12.3 Å². The van der Waals surface area contributed by atoms with Gasteiger partial charge in [0.15, 0.2) is 0 Å². The molecule has 3 rings (SSSR count). The number of hydrogen-bond donors (Lipinski definition) is 1. The maximum absolute atomic E-state index is 12.1. The predicted octanol–water partition coefficient (Wildman–Crippen LogP) is 4.44. The third-order valence-electron chi connectivity index (χ3n) is 3.60. The van der Waals surface area contributed by atoms with Crippen LogP contribution in [-0.2, 0) is 4.79 Å². The number of aromatic nitrogens is 1. The van der Waals surface area contributed by atoms with Crippen molar-refractivity contribution in [3.63, 3.8) is 0 Å². The fourth-order valence-corrected chi connectivity index (χ4v) is 2.38. The van der Waals surface area contributed by atoms with Gasteiger partial charge >= 0.3 is 0 Å². The molecule has 0 radical (unpaired) electrons. The Hall–Kier alpha value is -3.64. The molecule has 1 heterocycles. The lowest BCUT2D eigenvalue weighted by atomic mass is 10.1. The van der Waals surface area contributed by atoms with Crippen molar-refractivity contribution in [1.29, 1.82) is 0 Å². The van der Waals surface area contributed by atoms with Gasteiger partial charge in [-0.1, -0.05) is 47.9 Å². The molecule has 0 aliphatic heterocycles. The van der Waals surface area contributed by atoms with Gasteiger partial charge in [0.2, 0.25) is 5.91 Å². The first-order valence-electron chi connectivity index (χ1n) is 8.28. The van der Waals surface area contributed by atoms with Crippen molar-refractivity contribution in [2.75, 3.05) is 5.32 Å². The number of aryl methyl sites for hydroxylation is 1. The highest BCUT2D eigenvalue weighted by Crippen LogP contribution is 2.11. The van der Waals surface area contributed by atoms with Crippen LogP contribution in [0.1, 0.15) is 22.4 Å². The summed E-state index contributed by atoms with van der Waals surface area (Å²) in [5, 5.41) is 2.86. The molecule has 3 heteroatoms. The van der Waals surface area contributed by atoms with Crippen molar-refractivity contribution >= 4 is 17.7 Å². The summed E-state index contributed by atoms with van der Waals surface area (Å²) in [6, 6.07) is 21.0. The van der Waals surface area contributed by atoms with Crippen LogP contribution >= 0.6 is 0 Å². The molecule has 3 aromatic rings. The maximum atomic E-state index is 12.1. The minimum absolute atomic E-state index is 0.179. The molecule has 0 aliphatic rings. The Balaban J connectivity index is 1.67. The molecule has 3 nitrogen and oxygen atoms in total. The molecule has 26 heavy (non-hydrogen) atoms. The van der Waals surface area contributed by atoms with Crippen LogP contribution in [-0.4, -0.2) is 10.9 Å². The van der Waals surface area contributed by atoms with E-state index in [9.17, 15) is 4.79 Å². The van der Waals surface area contributed by atoms with E-state index in [0.717, 1.165) is 16.7 Å². The summed E-state index contributed by atoms with van der Waals surface area (Å²) in [4.78, 5) is 16.3. The summed E-state index contributed by atoms with van der Waals surface area (Å²) in [6.07, 6.45) is 5.04. The van der Waals surface area contributed by atoms with Crippen LogP contribution in [0.25, 0.3) is 6.08 Å². The van der Waals surface area contributed by atoms with E-state index in [-0.39, 0.29) is 5.91 Å². The zero-order valence-electron chi connectivity index (χ0n) is 14.4. The minimum atomic E-state index is -0.179. The molecule has 1 N–H and O–H groups in total. The van der Waals surface area contributed by atoms with E-state index in [0.29, 0.717) is 11.4 Å². The second-order valence-electron chi connectivity index (χ2n) is 5.78. The molecular formula is C23H18N2O. The first kappa shape index (κ1) is 17.2. The highest BCUT2D eigenvalue weighted by molar-refractivity contribution is 6.02. The number of carbonyl (C=O) groups is 1. The summed E-state index contributed by atoms with van der Waals surface area (Å²) in [6.45, 7) is 2.02. The van der Waals surface area contributed by atoms with Gasteiger partial charge in [-0.3, -0.25) is 4.79 Å². The van der Waals surface area contributed by atoms with Crippen LogP contribution in [0.15, 0.2) is 79.0 Å². The summed E-state index contributed by atoms with van der Waals surface area (Å²) >= 11 is 0. The lowest BCUT2D eigenvalue weighted by Crippen LogP contribution is -2.07. The summed E-state index contributed by atoms with van der Waals surface area (Å²) < 4.78 is 0. The largest absolute Gasteiger partial charge is 0.322 e. The van der Waals surface area contributed by atoms with Crippen molar-refractivity contribution in [2.45, 2.75) is 6.92 Å². The number of nitrogens with one attached hydrogen (secondary N) is 1. The molecule has 126 valence electrons. The lowest BCUT2D eigenvalue weighted by molar-refractivity contribution is -0.111. The van der Waals surface area contributed by atoms with Crippen LogP contribution in [0.5, 0.6) is 0 Å². The Morgan fingerprint density at radius 1 is 1.00 bits per heavy atom. The van der Waals surface area contributed by atoms with Gasteiger partial charge in [-0.25, -0.2) is 4.98 Å². The topological polar surface area (TPSA) is 42.0 Å². The second-order valence-corrected chi connectivity index (χ2v) is 5.78. The van der Waals surface area contributed by atoms with Crippen LogP contribution in [0.4, 0.5) is 5.69 Å².